The van der Waals surface area contributed by atoms with Crippen LogP contribution in [0.2, 0.25) is 0 Å². The summed E-state index contributed by atoms with van der Waals surface area (Å²) in [4.78, 5) is 25.1. The maximum absolute atomic E-state index is 12.7. The van der Waals surface area contributed by atoms with E-state index < -0.39 is 0 Å². The lowest BCUT2D eigenvalue weighted by molar-refractivity contribution is 0.0920. The molecule has 0 aromatic heterocycles. The molecule has 0 saturated heterocycles. The lowest BCUT2D eigenvalue weighted by Gasteiger charge is -2.11. The minimum absolute atomic E-state index is 0.101. The van der Waals surface area contributed by atoms with Gasteiger partial charge in [-0.05, 0) is 55.0 Å². The van der Waals surface area contributed by atoms with E-state index in [1.165, 1.54) is 0 Å². The van der Waals surface area contributed by atoms with Crippen LogP contribution in [0.25, 0.3) is 6.08 Å². The van der Waals surface area contributed by atoms with E-state index in [2.05, 4.69) is 31.9 Å². The Hall–Kier alpha value is -2.70. The molecule has 0 unspecified atom stereocenters. The lowest BCUT2D eigenvalue weighted by Crippen LogP contribution is -2.12. The van der Waals surface area contributed by atoms with E-state index in [4.69, 9.17) is 9.47 Å². The maximum Gasteiger partial charge on any atom is 0.231 e. The van der Waals surface area contributed by atoms with Crippen LogP contribution in [0.1, 0.15) is 31.8 Å². The van der Waals surface area contributed by atoms with E-state index in [1.54, 1.807) is 30.3 Å². The number of halogens is 2. The molecule has 3 aromatic carbocycles. The molecular weight excluding hydrogens is 512 g/mol. The molecular formula is C24H16Br2O4. The summed E-state index contributed by atoms with van der Waals surface area (Å²) >= 11 is 6.78. The van der Waals surface area contributed by atoms with Crippen molar-refractivity contribution in [2.75, 3.05) is 6.61 Å². The number of rotatable bonds is 5. The number of carbonyl (C=O) groups is 2. The molecule has 3 aromatic rings. The number of benzene rings is 3. The molecule has 4 nitrogen and oxygen atoms in total. The standard InChI is InChI=1S/C24H16Br2O4/c1-14-21(29-13-20(27)16-5-7-17(25)8-6-16)10-9-19-23(28)22(30-24(14)19)12-15-3-2-4-18(26)11-15/h2-12H,13H2,1H3/b22-12-. The number of ether oxygens (including phenoxy) is 2. The van der Waals surface area contributed by atoms with E-state index in [1.807, 2.05) is 43.3 Å². The molecule has 0 bridgehead atoms. The smallest absolute Gasteiger partial charge is 0.231 e. The maximum atomic E-state index is 12.7. The zero-order valence-electron chi connectivity index (χ0n) is 15.9. The van der Waals surface area contributed by atoms with Crippen LogP contribution in [0.3, 0.4) is 0 Å². The van der Waals surface area contributed by atoms with Gasteiger partial charge < -0.3 is 9.47 Å². The highest BCUT2D eigenvalue weighted by Crippen LogP contribution is 2.39. The fourth-order valence-electron chi connectivity index (χ4n) is 3.13. The molecule has 150 valence electrons. The summed E-state index contributed by atoms with van der Waals surface area (Å²) in [5.74, 6) is 0.931. The van der Waals surface area contributed by atoms with E-state index in [-0.39, 0.29) is 23.9 Å². The van der Waals surface area contributed by atoms with Gasteiger partial charge in [0.1, 0.15) is 11.5 Å². The van der Waals surface area contributed by atoms with Crippen molar-refractivity contribution in [2.24, 2.45) is 0 Å². The van der Waals surface area contributed by atoms with Crippen LogP contribution in [-0.4, -0.2) is 18.2 Å². The second-order valence-electron chi connectivity index (χ2n) is 6.78. The van der Waals surface area contributed by atoms with Gasteiger partial charge in [-0.2, -0.15) is 0 Å². The van der Waals surface area contributed by atoms with E-state index >= 15 is 0 Å². The van der Waals surface area contributed by atoms with Gasteiger partial charge in [-0.3, -0.25) is 9.59 Å². The fourth-order valence-corrected chi connectivity index (χ4v) is 3.82. The summed E-state index contributed by atoms with van der Waals surface area (Å²) < 4.78 is 13.4. The summed E-state index contributed by atoms with van der Waals surface area (Å²) in [7, 11) is 0. The van der Waals surface area contributed by atoms with Crippen molar-refractivity contribution < 1.29 is 19.1 Å². The monoisotopic (exact) mass is 526 g/mol. The first kappa shape index (κ1) is 20.6. The lowest BCUT2D eigenvalue weighted by atomic mass is 10.1. The first-order valence-corrected chi connectivity index (χ1v) is 10.8. The van der Waals surface area contributed by atoms with Crippen molar-refractivity contribution in [3.8, 4) is 11.5 Å². The van der Waals surface area contributed by atoms with Gasteiger partial charge in [0, 0.05) is 20.1 Å². The van der Waals surface area contributed by atoms with Gasteiger partial charge in [0.25, 0.3) is 0 Å². The molecule has 0 atom stereocenters. The predicted molar refractivity (Wildman–Crippen MR) is 122 cm³/mol. The van der Waals surface area contributed by atoms with Crippen molar-refractivity contribution in [2.45, 2.75) is 6.92 Å². The minimum atomic E-state index is -0.175. The van der Waals surface area contributed by atoms with Crippen molar-refractivity contribution >= 4 is 49.5 Å². The molecule has 0 spiro atoms. The van der Waals surface area contributed by atoms with Crippen LogP contribution in [0.5, 0.6) is 11.5 Å². The first-order valence-electron chi connectivity index (χ1n) is 9.17. The molecule has 0 saturated carbocycles. The largest absolute Gasteiger partial charge is 0.485 e. The SMILES string of the molecule is Cc1c(OCC(=O)c2ccc(Br)cc2)ccc2c1O/C(=C\c1cccc(Br)c1)C2=O. The minimum Gasteiger partial charge on any atom is -0.485 e. The number of allylic oxidation sites excluding steroid dienone is 1. The molecule has 4 rings (SSSR count). The van der Waals surface area contributed by atoms with Crippen molar-refractivity contribution in [3.05, 3.63) is 97.6 Å². The predicted octanol–water partition coefficient (Wildman–Crippen LogP) is 6.40. The Bertz CT molecular complexity index is 1180. The number of hydrogen-bond donors (Lipinski definition) is 0. The first-order chi connectivity index (χ1) is 14.4. The van der Waals surface area contributed by atoms with E-state index in [9.17, 15) is 9.59 Å². The molecule has 1 aliphatic rings. The average Bonchev–Trinajstić information content (AvgIpc) is 3.04. The van der Waals surface area contributed by atoms with Gasteiger partial charge in [0.05, 0.1) is 5.56 Å². The Morgan fingerprint density at radius 1 is 1.03 bits per heavy atom. The third kappa shape index (κ3) is 4.25. The Morgan fingerprint density at radius 3 is 2.53 bits per heavy atom. The summed E-state index contributed by atoms with van der Waals surface area (Å²) in [6.07, 6.45) is 1.71. The van der Waals surface area contributed by atoms with Gasteiger partial charge in [-0.25, -0.2) is 0 Å². The van der Waals surface area contributed by atoms with Gasteiger partial charge in [-0.1, -0.05) is 56.1 Å². The Morgan fingerprint density at radius 2 is 1.80 bits per heavy atom. The highest BCUT2D eigenvalue weighted by atomic mass is 79.9. The number of hydrogen-bond acceptors (Lipinski definition) is 4. The molecule has 0 aliphatic carbocycles. The van der Waals surface area contributed by atoms with Crippen LogP contribution in [0.15, 0.2) is 75.4 Å². The van der Waals surface area contributed by atoms with E-state index in [0.29, 0.717) is 28.2 Å². The zero-order valence-corrected chi connectivity index (χ0v) is 19.1. The molecule has 0 N–H and O–H groups in total. The molecule has 0 amide bonds. The van der Waals surface area contributed by atoms with Gasteiger partial charge in [0.2, 0.25) is 5.78 Å². The summed E-state index contributed by atoms with van der Waals surface area (Å²) in [5.41, 5.74) is 2.60. The number of Topliss-reactive ketones (excluding diaryl/α,β-unsaturated/α-hetero) is 2. The highest BCUT2D eigenvalue weighted by Gasteiger charge is 2.30. The average molecular weight is 528 g/mol. The molecule has 1 aliphatic heterocycles. The molecule has 6 heteroatoms. The second kappa shape index (κ2) is 8.58. The van der Waals surface area contributed by atoms with Crippen molar-refractivity contribution in [1.29, 1.82) is 0 Å². The number of fused-ring (bicyclic) bond motifs is 1. The van der Waals surface area contributed by atoms with Crippen molar-refractivity contribution in [1.82, 2.24) is 0 Å². The Kier molecular flexibility index (Phi) is 5.88. The third-order valence-corrected chi connectivity index (χ3v) is 5.73. The van der Waals surface area contributed by atoms with Crippen LogP contribution in [0.4, 0.5) is 0 Å². The van der Waals surface area contributed by atoms with Gasteiger partial charge >= 0.3 is 0 Å². The van der Waals surface area contributed by atoms with Gasteiger partial charge in [-0.15, -0.1) is 0 Å². The molecule has 30 heavy (non-hydrogen) atoms. The second-order valence-corrected chi connectivity index (χ2v) is 8.61. The zero-order chi connectivity index (χ0) is 21.3. The quantitative estimate of drug-likeness (QED) is 0.284. The van der Waals surface area contributed by atoms with Gasteiger partial charge in [0.15, 0.2) is 18.1 Å². The summed E-state index contributed by atoms with van der Waals surface area (Å²) in [6, 6.07) is 18.1. The Balaban J connectivity index is 1.53. The summed E-state index contributed by atoms with van der Waals surface area (Å²) in [5, 5.41) is 0. The summed E-state index contributed by atoms with van der Waals surface area (Å²) in [6.45, 7) is 1.71. The fraction of sp³-hybridized carbons (Fsp3) is 0.0833. The van der Waals surface area contributed by atoms with Crippen LogP contribution >= 0.6 is 31.9 Å². The third-order valence-electron chi connectivity index (χ3n) is 4.71. The topological polar surface area (TPSA) is 52.6 Å². The number of ketones is 2. The van der Waals surface area contributed by atoms with Crippen LogP contribution in [-0.2, 0) is 0 Å². The normalized spacial score (nSPS) is 13.8. The van der Waals surface area contributed by atoms with E-state index in [0.717, 1.165) is 14.5 Å². The molecule has 0 radical (unpaired) electrons. The highest BCUT2D eigenvalue weighted by molar-refractivity contribution is 9.10. The molecule has 0 fully saturated rings. The Labute approximate surface area is 190 Å². The number of carbonyl (C=O) groups excluding carboxylic acids is 2. The van der Waals surface area contributed by atoms with Crippen molar-refractivity contribution in [3.63, 3.8) is 0 Å². The van der Waals surface area contributed by atoms with Crippen LogP contribution < -0.4 is 9.47 Å². The van der Waals surface area contributed by atoms with Crippen LogP contribution in [0, 0.1) is 6.92 Å². The molecule has 1 heterocycles.